The van der Waals surface area contributed by atoms with Crippen LogP contribution in [0.4, 0.5) is 0 Å². The average molecular weight is 286 g/mol. The summed E-state index contributed by atoms with van der Waals surface area (Å²) in [6.07, 6.45) is 8.08. The topological polar surface area (TPSA) is 15.3 Å². The van der Waals surface area contributed by atoms with E-state index in [0.29, 0.717) is 5.41 Å². The van der Waals surface area contributed by atoms with Gasteiger partial charge in [-0.2, -0.15) is 0 Å². The lowest BCUT2D eigenvalue weighted by Crippen LogP contribution is -2.41. The summed E-state index contributed by atoms with van der Waals surface area (Å²) in [5, 5.41) is 3.45. The highest BCUT2D eigenvalue weighted by molar-refractivity contribution is 5.25. The van der Waals surface area contributed by atoms with Crippen molar-refractivity contribution in [3.05, 3.63) is 48.0 Å². The number of hydrogen-bond acceptors (Lipinski definition) is 2. The summed E-state index contributed by atoms with van der Waals surface area (Å²) in [6, 6.07) is 11.0. The van der Waals surface area contributed by atoms with Crippen LogP contribution < -0.4 is 5.32 Å². The van der Waals surface area contributed by atoms with Crippen LogP contribution in [0.3, 0.4) is 0 Å². The fourth-order valence-electron chi connectivity index (χ4n) is 3.13. The Labute approximate surface area is 130 Å². The Morgan fingerprint density at radius 3 is 2.57 bits per heavy atom. The van der Waals surface area contributed by atoms with E-state index < -0.39 is 0 Å². The Balaban J connectivity index is 1.68. The highest BCUT2D eigenvalue weighted by atomic mass is 15.1. The molecule has 0 saturated carbocycles. The van der Waals surface area contributed by atoms with Gasteiger partial charge in [-0.1, -0.05) is 49.4 Å². The van der Waals surface area contributed by atoms with Gasteiger partial charge in [-0.25, -0.2) is 0 Å². The molecular weight excluding hydrogens is 256 g/mol. The fourth-order valence-corrected chi connectivity index (χ4v) is 3.13. The summed E-state index contributed by atoms with van der Waals surface area (Å²) in [7, 11) is 0. The third kappa shape index (κ3) is 4.98. The molecule has 1 saturated heterocycles. The number of nitrogens with zero attached hydrogens (tertiary/aromatic N) is 1. The molecule has 1 aliphatic heterocycles. The molecule has 0 unspecified atom stereocenters. The van der Waals surface area contributed by atoms with E-state index >= 15 is 0 Å². The highest BCUT2D eigenvalue weighted by Crippen LogP contribution is 2.34. The standard InChI is InChI=1S/C19H30N2/c1-3-4-13-20-14-8-15-21-16-11-19(2,12-17-21)18-9-6-5-7-10-18/h3-7,9-10,20H,8,11-17H2,1-2H3/b4-3-. The van der Waals surface area contributed by atoms with Gasteiger partial charge in [0.25, 0.3) is 0 Å². The second-order valence-electron chi connectivity index (χ2n) is 6.40. The van der Waals surface area contributed by atoms with Crippen LogP contribution in [0.5, 0.6) is 0 Å². The minimum atomic E-state index is 0.377. The number of nitrogens with one attached hydrogen (secondary N) is 1. The molecule has 2 rings (SSSR count). The molecule has 0 aliphatic carbocycles. The maximum atomic E-state index is 3.45. The molecule has 0 spiro atoms. The van der Waals surface area contributed by atoms with E-state index in [9.17, 15) is 0 Å². The van der Waals surface area contributed by atoms with Crippen molar-refractivity contribution in [2.75, 3.05) is 32.7 Å². The predicted molar refractivity (Wildman–Crippen MR) is 91.8 cm³/mol. The first-order chi connectivity index (χ1) is 10.2. The van der Waals surface area contributed by atoms with Gasteiger partial charge in [-0.05, 0) is 63.3 Å². The molecule has 116 valence electrons. The number of benzene rings is 1. The van der Waals surface area contributed by atoms with E-state index in [2.05, 4.69) is 66.5 Å². The van der Waals surface area contributed by atoms with Crippen molar-refractivity contribution >= 4 is 0 Å². The van der Waals surface area contributed by atoms with Gasteiger partial charge in [0.15, 0.2) is 0 Å². The molecule has 2 nitrogen and oxygen atoms in total. The molecule has 0 radical (unpaired) electrons. The summed E-state index contributed by atoms with van der Waals surface area (Å²) in [6.45, 7) is 10.3. The molecule has 1 fully saturated rings. The van der Waals surface area contributed by atoms with Crippen molar-refractivity contribution in [1.29, 1.82) is 0 Å². The lowest BCUT2D eigenvalue weighted by Gasteiger charge is -2.40. The minimum absolute atomic E-state index is 0.377. The van der Waals surface area contributed by atoms with Gasteiger partial charge in [0.1, 0.15) is 0 Å². The molecule has 1 heterocycles. The van der Waals surface area contributed by atoms with Crippen LogP contribution >= 0.6 is 0 Å². The van der Waals surface area contributed by atoms with Gasteiger partial charge in [-0.15, -0.1) is 0 Å². The lowest BCUT2D eigenvalue weighted by atomic mass is 9.74. The van der Waals surface area contributed by atoms with Gasteiger partial charge in [-0.3, -0.25) is 0 Å². The second kappa shape index (κ2) is 8.35. The number of rotatable bonds is 7. The fraction of sp³-hybridized carbons (Fsp3) is 0.579. The Morgan fingerprint density at radius 2 is 1.90 bits per heavy atom. The van der Waals surface area contributed by atoms with Crippen LogP contribution in [-0.4, -0.2) is 37.6 Å². The third-order valence-electron chi connectivity index (χ3n) is 4.76. The van der Waals surface area contributed by atoms with E-state index in [1.165, 1.54) is 44.5 Å². The minimum Gasteiger partial charge on any atom is -0.313 e. The normalized spacial score (nSPS) is 19.1. The van der Waals surface area contributed by atoms with Crippen molar-refractivity contribution < 1.29 is 0 Å². The molecule has 0 atom stereocenters. The van der Waals surface area contributed by atoms with Crippen LogP contribution in [0.15, 0.2) is 42.5 Å². The van der Waals surface area contributed by atoms with Gasteiger partial charge < -0.3 is 10.2 Å². The van der Waals surface area contributed by atoms with Crippen LogP contribution in [0, 0.1) is 0 Å². The SMILES string of the molecule is C/C=C\CNCCCN1CCC(C)(c2ccccc2)CC1. The van der Waals surface area contributed by atoms with Crippen molar-refractivity contribution in [3.63, 3.8) is 0 Å². The van der Waals surface area contributed by atoms with Crippen molar-refractivity contribution in [3.8, 4) is 0 Å². The number of allylic oxidation sites excluding steroid dienone is 1. The molecule has 2 heteroatoms. The van der Waals surface area contributed by atoms with Gasteiger partial charge in [0.05, 0.1) is 0 Å². The second-order valence-corrected chi connectivity index (χ2v) is 6.40. The predicted octanol–water partition coefficient (Wildman–Crippen LogP) is 3.60. The Bertz CT molecular complexity index is 416. The van der Waals surface area contributed by atoms with Gasteiger partial charge >= 0.3 is 0 Å². The smallest absolute Gasteiger partial charge is 0.0134 e. The summed E-state index contributed by atoms with van der Waals surface area (Å²) in [5.41, 5.74) is 1.89. The molecule has 1 aromatic rings. The third-order valence-corrected chi connectivity index (χ3v) is 4.76. The first-order valence-corrected chi connectivity index (χ1v) is 8.34. The van der Waals surface area contributed by atoms with Crippen molar-refractivity contribution in [1.82, 2.24) is 10.2 Å². The number of piperidine rings is 1. The maximum absolute atomic E-state index is 3.45. The van der Waals surface area contributed by atoms with E-state index in [-0.39, 0.29) is 0 Å². The zero-order valence-corrected chi connectivity index (χ0v) is 13.6. The molecule has 0 amide bonds. The van der Waals surface area contributed by atoms with Crippen molar-refractivity contribution in [2.45, 2.75) is 38.5 Å². The first kappa shape index (κ1) is 16.3. The summed E-state index contributed by atoms with van der Waals surface area (Å²) >= 11 is 0. The molecule has 1 aliphatic rings. The summed E-state index contributed by atoms with van der Waals surface area (Å²) in [5.74, 6) is 0. The zero-order chi connectivity index (χ0) is 15.0. The average Bonchev–Trinajstić information content (AvgIpc) is 2.53. The lowest BCUT2D eigenvalue weighted by molar-refractivity contribution is 0.167. The highest BCUT2D eigenvalue weighted by Gasteiger charge is 2.31. The molecule has 21 heavy (non-hydrogen) atoms. The summed E-state index contributed by atoms with van der Waals surface area (Å²) < 4.78 is 0. The summed E-state index contributed by atoms with van der Waals surface area (Å²) in [4.78, 5) is 2.63. The number of likely N-dealkylation sites (tertiary alicyclic amines) is 1. The van der Waals surface area contributed by atoms with Gasteiger partial charge in [0, 0.05) is 6.54 Å². The molecule has 0 aromatic heterocycles. The molecule has 1 N–H and O–H groups in total. The largest absolute Gasteiger partial charge is 0.313 e. The molecular formula is C19H30N2. The number of hydrogen-bond donors (Lipinski definition) is 1. The Morgan fingerprint density at radius 1 is 1.19 bits per heavy atom. The maximum Gasteiger partial charge on any atom is 0.0134 e. The van der Waals surface area contributed by atoms with Crippen LogP contribution in [0.25, 0.3) is 0 Å². The quantitative estimate of drug-likeness (QED) is 0.608. The van der Waals surface area contributed by atoms with Crippen LogP contribution in [0.1, 0.15) is 38.7 Å². The molecule has 0 bridgehead atoms. The zero-order valence-electron chi connectivity index (χ0n) is 13.6. The van der Waals surface area contributed by atoms with E-state index in [0.717, 1.165) is 13.1 Å². The van der Waals surface area contributed by atoms with Crippen molar-refractivity contribution in [2.24, 2.45) is 0 Å². The monoisotopic (exact) mass is 286 g/mol. The Hall–Kier alpha value is -1.12. The van der Waals surface area contributed by atoms with Crippen LogP contribution in [0.2, 0.25) is 0 Å². The molecule has 1 aromatic carbocycles. The first-order valence-electron chi connectivity index (χ1n) is 8.34. The van der Waals surface area contributed by atoms with E-state index in [1.54, 1.807) is 0 Å². The van der Waals surface area contributed by atoms with Gasteiger partial charge in [0.2, 0.25) is 0 Å². The Kier molecular flexibility index (Phi) is 6.47. The van der Waals surface area contributed by atoms with Crippen LogP contribution in [-0.2, 0) is 5.41 Å². The van der Waals surface area contributed by atoms with E-state index in [4.69, 9.17) is 0 Å². The van der Waals surface area contributed by atoms with E-state index in [1.807, 2.05) is 0 Å².